The van der Waals surface area contributed by atoms with E-state index in [9.17, 15) is 4.79 Å². The molecule has 4 nitrogen and oxygen atoms in total. The average Bonchev–Trinajstić information content (AvgIpc) is 2.41. The number of amides is 1. The van der Waals surface area contributed by atoms with Gasteiger partial charge in [0.2, 0.25) is 5.91 Å². The summed E-state index contributed by atoms with van der Waals surface area (Å²) >= 11 is 0. The van der Waals surface area contributed by atoms with E-state index in [1.807, 2.05) is 31.2 Å². The van der Waals surface area contributed by atoms with E-state index < -0.39 is 0 Å². The summed E-state index contributed by atoms with van der Waals surface area (Å²) in [5.74, 6) is 6.09. The van der Waals surface area contributed by atoms with Crippen LogP contribution in [0.25, 0.3) is 0 Å². The molecular weight excluding hydrogens is 228 g/mol. The number of ether oxygens (including phenoxy) is 1. The van der Waals surface area contributed by atoms with Crippen molar-refractivity contribution in [1.82, 2.24) is 5.43 Å². The standard InChI is InChI=1S/C14H20N2O2/c1-10-4-2-3-5-13(10)18-12-8-6-11(7-9-12)14(17)16-15/h2-5,11-12H,6-9,15H2,1H3,(H,16,17)/t11-,12-. The molecule has 0 aromatic heterocycles. The molecule has 0 bridgehead atoms. The predicted molar refractivity (Wildman–Crippen MR) is 69.9 cm³/mol. The van der Waals surface area contributed by atoms with Crippen molar-refractivity contribution in [1.29, 1.82) is 0 Å². The molecule has 1 aromatic carbocycles. The largest absolute Gasteiger partial charge is 0.490 e. The lowest BCUT2D eigenvalue weighted by molar-refractivity contribution is -0.126. The summed E-state index contributed by atoms with van der Waals surface area (Å²) < 4.78 is 5.98. The normalized spacial score (nSPS) is 23.4. The number of nitrogens with two attached hydrogens (primary N) is 1. The first kappa shape index (κ1) is 12.9. The van der Waals surface area contributed by atoms with E-state index in [0.717, 1.165) is 37.0 Å². The third kappa shape index (κ3) is 3.01. The molecule has 4 heteroatoms. The summed E-state index contributed by atoms with van der Waals surface area (Å²) in [4.78, 5) is 11.4. The second-order valence-electron chi connectivity index (χ2n) is 4.87. The van der Waals surface area contributed by atoms with Crippen molar-refractivity contribution >= 4 is 5.91 Å². The maximum absolute atomic E-state index is 11.4. The van der Waals surface area contributed by atoms with Gasteiger partial charge in [0.15, 0.2) is 0 Å². The molecular formula is C14H20N2O2. The Labute approximate surface area is 107 Å². The van der Waals surface area contributed by atoms with Crippen molar-refractivity contribution in [2.24, 2.45) is 11.8 Å². The van der Waals surface area contributed by atoms with Gasteiger partial charge in [-0.2, -0.15) is 0 Å². The molecule has 0 spiro atoms. The Morgan fingerprint density at radius 3 is 2.56 bits per heavy atom. The van der Waals surface area contributed by atoms with Crippen LogP contribution in [0, 0.1) is 12.8 Å². The van der Waals surface area contributed by atoms with Crippen LogP contribution in [0.15, 0.2) is 24.3 Å². The van der Waals surface area contributed by atoms with Crippen molar-refractivity contribution in [3.05, 3.63) is 29.8 Å². The highest BCUT2D eigenvalue weighted by atomic mass is 16.5. The minimum absolute atomic E-state index is 0.0479. The van der Waals surface area contributed by atoms with Crippen LogP contribution >= 0.6 is 0 Å². The van der Waals surface area contributed by atoms with Crippen molar-refractivity contribution < 1.29 is 9.53 Å². The second-order valence-corrected chi connectivity index (χ2v) is 4.87. The topological polar surface area (TPSA) is 64.3 Å². The molecule has 0 saturated heterocycles. The third-order valence-electron chi connectivity index (χ3n) is 3.57. The van der Waals surface area contributed by atoms with Crippen molar-refractivity contribution in [3.63, 3.8) is 0 Å². The lowest BCUT2D eigenvalue weighted by Crippen LogP contribution is -2.38. The van der Waals surface area contributed by atoms with Crippen molar-refractivity contribution in [2.45, 2.75) is 38.7 Å². The van der Waals surface area contributed by atoms with E-state index in [1.54, 1.807) is 0 Å². The van der Waals surface area contributed by atoms with Gasteiger partial charge in [-0.25, -0.2) is 5.84 Å². The fourth-order valence-electron chi connectivity index (χ4n) is 2.43. The van der Waals surface area contributed by atoms with Gasteiger partial charge in [-0.15, -0.1) is 0 Å². The molecule has 0 aliphatic heterocycles. The minimum atomic E-state index is -0.0515. The SMILES string of the molecule is Cc1ccccc1O[C@H]1CC[C@H](C(=O)NN)CC1. The monoisotopic (exact) mass is 248 g/mol. The van der Waals surface area contributed by atoms with Gasteiger partial charge in [0.05, 0.1) is 6.10 Å². The lowest BCUT2D eigenvalue weighted by atomic mass is 9.87. The quantitative estimate of drug-likeness (QED) is 0.488. The van der Waals surface area contributed by atoms with Crippen LogP contribution in [0.2, 0.25) is 0 Å². The summed E-state index contributed by atoms with van der Waals surface area (Å²) in [6, 6.07) is 8.03. The number of carbonyl (C=O) groups excluding carboxylic acids is 1. The Bertz CT molecular complexity index is 412. The van der Waals surface area contributed by atoms with E-state index in [-0.39, 0.29) is 17.9 Å². The van der Waals surface area contributed by atoms with E-state index in [2.05, 4.69) is 5.43 Å². The Kier molecular flexibility index (Phi) is 4.20. The Morgan fingerprint density at radius 2 is 1.94 bits per heavy atom. The molecule has 0 atom stereocenters. The first-order valence-corrected chi connectivity index (χ1v) is 6.43. The highest BCUT2D eigenvalue weighted by Gasteiger charge is 2.26. The number of benzene rings is 1. The van der Waals surface area contributed by atoms with Crippen LogP contribution in [-0.2, 0) is 4.79 Å². The first-order valence-electron chi connectivity index (χ1n) is 6.43. The predicted octanol–water partition coefficient (Wildman–Crippen LogP) is 1.92. The van der Waals surface area contributed by atoms with Gasteiger partial charge in [-0.1, -0.05) is 18.2 Å². The van der Waals surface area contributed by atoms with E-state index in [1.165, 1.54) is 0 Å². The number of rotatable bonds is 3. The Balaban J connectivity index is 1.87. The van der Waals surface area contributed by atoms with Gasteiger partial charge in [-0.3, -0.25) is 10.2 Å². The van der Waals surface area contributed by atoms with Crippen molar-refractivity contribution in [3.8, 4) is 5.75 Å². The molecule has 0 unspecified atom stereocenters. The molecule has 1 aromatic rings. The maximum Gasteiger partial charge on any atom is 0.236 e. The molecule has 0 heterocycles. The van der Waals surface area contributed by atoms with Gasteiger partial charge in [0.1, 0.15) is 5.75 Å². The van der Waals surface area contributed by atoms with Gasteiger partial charge in [0, 0.05) is 5.92 Å². The minimum Gasteiger partial charge on any atom is -0.490 e. The number of hydrogen-bond donors (Lipinski definition) is 2. The Hall–Kier alpha value is -1.55. The fourth-order valence-corrected chi connectivity index (χ4v) is 2.43. The number of hydrogen-bond acceptors (Lipinski definition) is 3. The summed E-state index contributed by atoms with van der Waals surface area (Å²) in [5, 5.41) is 0. The highest BCUT2D eigenvalue weighted by molar-refractivity contribution is 5.78. The number of para-hydroxylation sites is 1. The molecule has 0 radical (unpaired) electrons. The molecule has 1 aliphatic rings. The van der Waals surface area contributed by atoms with E-state index in [0.29, 0.717) is 0 Å². The maximum atomic E-state index is 11.4. The molecule has 2 rings (SSSR count). The summed E-state index contributed by atoms with van der Waals surface area (Å²) in [6.45, 7) is 2.04. The molecule has 1 fully saturated rings. The number of nitrogens with one attached hydrogen (secondary N) is 1. The zero-order valence-corrected chi connectivity index (χ0v) is 10.7. The van der Waals surface area contributed by atoms with E-state index in [4.69, 9.17) is 10.6 Å². The first-order chi connectivity index (χ1) is 8.70. The molecule has 98 valence electrons. The molecule has 3 N–H and O–H groups in total. The van der Waals surface area contributed by atoms with Crippen LogP contribution in [-0.4, -0.2) is 12.0 Å². The van der Waals surface area contributed by atoms with Gasteiger partial charge in [-0.05, 0) is 44.2 Å². The van der Waals surface area contributed by atoms with Crippen LogP contribution in [0.5, 0.6) is 5.75 Å². The van der Waals surface area contributed by atoms with Crippen LogP contribution < -0.4 is 16.0 Å². The lowest BCUT2D eigenvalue weighted by Gasteiger charge is -2.28. The Morgan fingerprint density at radius 1 is 1.28 bits per heavy atom. The molecule has 18 heavy (non-hydrogen) atoms. The summed E-state index contributed by atoms with van der Waals surface area (Å²) in [7, 11) is 0. The van der Waals surface area contributed by atoms with Crippen LogP contribution in [0.3, 0.4) is 0 Å². The second kappa shape index (κ2) is 5.87. The average molecular weight is 248 g/mol. The highest BCUT2D eigenvalue weighted by Crippen LogP contribution is 2.28. The van der Waals surface area contributed by atoms with Gasteiger partial charge in [0.25, 0.3) is 0 Å². The molecule has 1 saturated carbocycles. The van der Waals surface area contributed by atoms with Gasteiger partial charge < -0.3 is 4.74 Å². The number of carbonyl (C=O) groups is 1. The molecule has 1 amide bonds. The number of aryl methyl sites for hydroxylation is 1. The molecule has 1 aliphatic carbocycles. The zero-order chi connectivity index (χ0) is 13.0. The zero-order valence-electron chi connectivity index (χ0n) is 10.7. The summed E-state index contributed by atoms with van der Waals surface area (Å²) in [6.07, 6.45) is 3.73. The van der Waals surface area contributed by atoms with Gasteiger partial charge >= 0.3 is 0 Å². The number of hydrazine groups is 1. The van der Waals surface area contributed by atoms with E-state index >= 15 is 0 Å². The summed E-state index contributed by atoms with van der Waals surface area (Å²) in [5.41, 5.74) is 3.38. The van der Waals surface area contributed by atoms with Crippen molar-refractivity contribution in [2.75, 3.05) is 0 Å². The third-order valence-corrected chi connectivity index (χ3v) is 3.57. The van der Waals surface area contributed by atoms with Crippen LogP contribution in [0.1, 0.15) is 31.2 Å². The fraction of sp³-hybridized carbons (Fsp3) is 0.500. The van der Waals surface area contributed by atoms with Crippen LogP contribution in [0.4, 0.5) is 0 Å². The smallest absolute Gasteiger partial charge is 0.236 e.